The Kier molecular flexibility index (Phi) is 5.11. The highest BCUT2D eigenvalue weighted by atomic mass is 28.4. The summed E-state index contributed by atoms with van der Waals surface area (Å²) in [5.74, 6) is 0. The van der Waals surface area contributed by atoms with Crippen LogP contribution in [0.5, 0.6) is 0 Å². The van der Waals surface area contributed by atoms with E-state index in [2.05, 4.69) is 0 Å². The monoisotopic (exact) mass is 192 g/mol. The van der Waals surface area contributed by atoms with Gasteiger partial charge in [-0.2, -0.15) is 0 Å². The predicted octanol–water partition coefficient (Wildman–Crippen LogP) is 1.78. The van der Waals surface area contributed by atoms with Crippen molar-refractivity contribution in [1.29, 1.82) is 0 Å². The third-order valence-electron chi connectivity index (χ3n) is 1.55. The van der Waals surface area contributed by atoms with Crippen molar-refractivity contribution in [3.8, 4) is 0 Å². The highest BCUT2D eigenvalue weighted by molar-refractivity contribution is 6.95. The molecule has 0 fully saturated rings. The largest absolute Gasteiger partial charge is 0.481 e. The fourth-order valence-electron chi connectivity index (χ4n) is 0.987. The molecule has 0 saturated heterocycles. The Hall–Kier alpha value is -0.393. The van der Waals surface area contributed by atoms with Gasteiger partial charge in [0.25, 0.3) is 0 Å². The van der Waals surface area contributed by atoms with E-state index < -0.39 is 14.2 Å². The molecular formula is C7H16O4Si. The minimum absolute atomic E-state index is 0.395. The highest BCUT2D eigenvalue weighted by Crippen LogP contribution is 2.14. The lowest BCUT2D eigenvalue weighted by molar-refractivity contribution is 0.158. The summed E-state index contributed by atoms with van der Waals surface area (Å²) in [5, 5.41) is 8.90. The van der Waals surface area contributed by atoms with Crippen LogP contribution in [-0.4, -0.2) is 32.5 Å². The Morgan fingerprint density at radius 2 is 1.67 bits per heavy atom. The molecule has 0 aliphatic carbocycles. The van der Waals surface area contributed by atoms with Gasteiger partial charge in [-0.25, -0.2) is 0 Å². The number of hydrogen-bond donors (Lipinski definition) is 1. The Morgan fingerprint density at radius 3 is 1.83 bits per heavy atom. The molecule has 0 aliphatic heterocycles. The fraction of sp³-hybridized carbons (Fsp3) is 0.857. The van der Waals surface area contributed by atoms with Crippen molar-refractivity contribution in [3.63, 3.8) is 0 Å². The van der Waals surface area contributed by atoms with E-state index in [4.69, 9.17) is 14.0 Å². The van der Waals surface area contributed by atoms with Gasteiger partial charge in [0.2, 0.25) is 0 Å². The van der Waals surface area contributed by atoms with Crippen LogP contribution in [0.15, 0.2) is 0 Å². The molecule has 0 amide bonds. The zero-order valence-corrected chi connectivity index (χ0v) is 8.79. The second kappa shape index (κ2) is 5.29. The molecule has 5 heteroatoms. The third-order valence-corrected chi connectivity index (χ3v) is 4.64. The van der Waals surface area contributed by atoms with Crippen LogP contribution in [0, 0.1) is 0 Å². The van der Waals surface area contributed by atoms with Gasteiger partial charge >= 0.3 is 14.2 Å². The van der Waals surface area contributed by atoms with Crippen LogP contribution in [-0.2, 0) is 8.85 Å². The summed E-state index contributed by atoms with van der Waals surface area (Å²) in [6.07, 6.45) is 0. The summed E-state index contributed by atoms with van der Waals surface area (Å²) >= 11 is 0. The quantitative estimate of drug-likeness (QED) is 0.652. The number of hydrogen-bond acceptors (Lipinski definition) is 3. The first-order valence-electron chi connectivity index (χ1n) is 4.14. The van der Waals surface area contributed by atoms with Crippen LogP contribution in [0.4, 0.5) is 4.79 Å². The maximum absolute atomic E-state index is 10.8. The molecule has 72 valence electrons. The number of carbonyl (C=O) groups is 1. The molecule has 0 aliphatic rings. The minimum Gasteiger partial charge on any atom is -0.481 e. The molecule has 0 atom stereocenters. The van der Waals surface area contributed by atoms with Crippen molar-refractivity contribution >= 4 is 14.2 Å². The van der Waals surface area contributed by atoms with Gasteiger partial charge in [0.1, 0.15) is 0 Å². The maximum atomic E-state index is 10.8. The van der Waals surface area contributed by atoms with Crippen LogP contribution >= 0.6 is 0 Å². The number of rotatable bonds is 6. The van der Waals surface area contributed by atoms with Crippen LogP contribution < -0.4 is 0 Å². The second-order valence-corrected chi connectivity index (χ2v) is 5.50. The average Bonchev–Trinajstić information content (AvgIpc) is 2.03. The lowest BCUT2D eigenvalue weighted by Gasteiger charge is -2.23. The van der Waals surface area contributed by atoms with Crippen molar-refractivity contribution in [2.75, 3.05) is 13.2 Å². The summed E-state index contributed by atoms with van der Waals surface area (Å²) in [4.78, 5) is 10.8. The smallest absolute Gasteiger partial charge is 0.462 e. The molecule has 0 heterocycles. The molecule has 0 rings (SSSR count). The van der Waals surface area contributed by atoms with Crippen molar-refractivity contribution in [2.45, 2.75) is 26.8 Å². The highest BCUT2D eigenvalue weighted by Gasteiger charge is 2.45. The first kappa shape index (κ1) is 11.6. The van der Waals surface area contributed by atoms with Crippen molar-refractivity contribution in [1.82, 2.24) is 0 Å². The van der Waals surface area contributed by atoms with E-state index >= 15 is 0 Å². The van der Waals surface area contributed by atoms with E-state index in [1.165, 1.54) is 0 Å². The average molecular weight is 192 g/mol. The summed E-state index contributed by atoms with van der Waals surface area (Å²) in [5.41, 5.74) is -0.922. The maximum Gasteiger partial charge on any atom is 0.462 e. The Balaban J connectivity index is 4.39. The van der Waals surface area contributed by atoms with E-state index in [1.807, 2.05) is 0 Å². The van der Waals surface area contributed by atoms with E-state index in [0.717, 1.165) is 0 Å². The summed E-state index contributed by atoms with van der Waals surface area (Å²) < 4.78 is 10.4. The van der Waals surface area contributed by atoms with Gasteiger partial charge in [-0.15, -0.1) is 0 Å². The normalized spacial score (nSPS) is 11.6. The van der Waals surface area contributed by atoms with Gasteiger partial charge < -0.3 is 14.0 Å². The van der Waals surface area contributed by atoms with Crippen LogP contribution in [0.2, 0.25) is 6.04 Å². The lowest BCUT2D eigenvalue weighted by atomic mass is 10.9. The van der Waals surface area contributed by atoms with Crippen LogP contribution in [0.3, 0.4) is 0 Å². The Morgan fingerprint density at radius 1 is 1.25 bits per heavy atom. The zero-order valence-electron chi connectivity index (χ0n) is 7.79. The second-order valence-electron chi connectivity index (χ2n) is 2.28. The SMILES string of the molecule is CCO[Si](CC)(OCC)C(=O)O. The van der Waals surface area contributed by atoms with Gasteiger partial charge in [-0.1, -0.05) is 6.92 Å². The molecule has 0 spiro atoms. The predicted molar refractivity (Wildman–Crippen MR) is 47.5 cm³/mol. The Labute approximate surface area is 73.7 Å². The fourth-order valence-corrected chi connectivity index (χ4v) is 2.96. The molecule has 0 bridgehead atoms. The summed E-state index contributed by atoms with van der Waals surface area (Å²) in [6.45, 7) is 6.13. The Bertz CT molecular complexity index is 142. The van der Waals surface area contributed by atoms with Crippen molar-refractivity contribution < 1.29 is 18.8 Å². The van der Waals surface area contributed by atoms with E-state index in [1.54, 1.807) is 20.8 Å². The molecule has 4 nitrogen and oxygen atoms in total. The van der Waals surface area contributed by atoms with E-state index in [0.29, 0.717) is 19.3 Å². The first-order chi connectivity index (χ1) is 5.63. The molecule has 0 unspecified atom stereocenters. The zero-order chi connectivity index (χ0) is 9.61. The summed E-state index contributed by atoms with van der Waals surface area (Å²) in [6, 6.07) is 0.448. The van der Waals surface area contributed by atoms with Gasteiger partial charge in [0, 0.05) is 13.2 Å². The van der Waals surface area contributed by atoms with Crippen molar-refractivity contribution in [2.24, 2.45) is 0 Å². The standard InChI is InChI=1S/C7H16O4Si/c1-4-10-12(6-3,7(8)9)11-5-2/h4-6H2,1-3H3,(H,8,9). The molecule has 12 heavy (non-hydrogen) atoms. The van der Waals surface area contributed by atoms with Gasteiger partial charge in [-0.05, 0) is 19.9 Å². The van der Waals surface area contributed by atoms with Crippen LogP contribution in [0.1, 0.15) is 20.8 Å². The van der Waals surface area contributed by atoms with Gasteiger partial charge in [0.05, 0.1) is 0 Å². The van der Waals surface area contributed by atoms with Crippen LogP contribution in [0.25, 0.3) is 0 Å². The minimum atomic E-state index is -2.93. The molecule has 0 aromatic rings. The molecule has 1 N–H and O–H groups in total. The lowest BCUT2D eigenvalue weighted by Crippen LogP contribution is -2.49. The molecule has 0 radical (unpaired) electrons. The molecular weight excluding hydrogens is 176 g/mol. The molecule has 0 saturated carbocycles. The third kappa shape index (κ3) is 2.58. The van der Waals surface area contributed by atoms with Crippen molar-refractivity contribution in [3.05, 3.63) is 0 Å². The topological polar surface area (TPSA) is 55.8 Å². The van der Waals surface area contributed by atoms with E-state index in [9.17, 15) is 4.79 Å². The van der Waals surface area contributed by atoms with E-state index in [-0.39, 0.29) is 0 Å². The number of carboxylic acid groups (broad SMARTS) is 1. The summed E-state index contributed by atoms with van der Waals surface area (Å²) in [7, 11) is -2.93. The van der Waals surface area contributed by atoms with Gasteiger partial charge in [0.15, 0.2) is 0 Å². The molecule has 0 aromatic carbocycles. The molecule has 0 aromatic heterocycles. The first-order valence-corrected chi connectivity index (χ1v) is 6.16. The van der Waals surface area contributed by atoms with Gasteiger partial charge in [-0.3, -0.25) is 4.79 Å².